The molecule has 0 bridgehead atoms. The number of Topliss-reactive ketones (excluding diaryl/α,β-unsaturated/α-hetero) is 1. The number of ketones is 1. The van der Waals surface area contributed by atoms with Crippen LogP contribution >= 0.6 is 0 Å². The van der Waals surface area contributed by atoms with Gasteiger partial charge in [-0.2, -0.15) is 0 Å². The summed E-state index contributed by atoms with van der Waals surface area (Å²) in [6, 6.07) is 14.2. The number of carbonyl (C=O) groups excluding carboxylic acids is 2. The zero-order chi connectivity index (χ0) is 16.6. The molecule has 1 amide bonds. The summed E-state index contributed by atoms with van der Waals surface area (Å²) in [6.45, 7) is 4.25. The molecule has 1 aliphatic heterocycles. The van der Waals surface area contributed by atoms with Crippen LogP contribution < -0.4 is 4.90 Å². The fraction of sp³-hybridized carbons (Fsp3) is 0.263. The molecule has 23 heavy (non-hydrogen) atoms. The van der Waals surface area contributed by atoms with E-state index in [-0.39, 0.29) is 12.2 Å². The van der Waals surface area contributed by atoms with Crippen molar-refractivity contribution in [2.24, 2.45) is 0 Å². The predicted octanol–water partition coefficient (Wildman–Crippen LogP) is 2.82. The van der Waals surface area contributed by atoms with Crippen LogP contribution in [0.25, 0.3) is 0 Å². The van der Waals surface area contributed by atoms with Crippen molar-refractivity contribution in [1.82, 2.24) is 0 Å². The molecule has 1 aliphatic rings. The van der Waals surface area contributed by atoms with Gasteiger partial charge in [-0.1, -0.05) is 48.0 Å². The summed E-state index contributed by atoms with van der Waals surface area (Å²) in [5.41, 5.74) is 0.963. The first kappa shape index (κ1) is 15.4. The second-order valence-electron chi connectivity index (χ2n) is 5.89. The molecular formula is C19H19NO3. The maximum atomic E-state index is 12.7. The lowest BCUT2D eigenvalue weighted by Gasteiger charge is -2.22. The van der Waals surface area contributed by atoms with Gasteiger partial charge in [0.1, 0.15) is 0 Å². The van der Waals surface area contributed by atoms with Crippen molar-refractivity contribution >= 4 is 17.4 Å². The molecule has 0 spiro atoms. The van der Waals surface area contributed by atoms with Crippen molar-refractivity contribution in [3.63, 3.8) is 0 Å². The summed E-state index contributed by atoms with van der Waals surface area (Å²) in [5.74, 6) is -0.671. The van der Waals surface area contributed by atoms with Crippen molar-refractivity contribution in [1.29, 1.82) is 0 Å². The molecule has 0 saturated heterocycles. The topological polar surface area (TPSA) is 57.6 Å². The van der Waals surface area contributed by atoms with Crippen molar-refractivity contribution in [2.75, 3.05) is 11.4 Å². The van der Waals surface area contributed by atoms with E-state index in [2.05, 4.69) is 0 Å². The molecule has 118 valence electrons. The van der Waals surface area contributed by atoms with E-state index >= 15 is 0 Å². The zero-order valence-electron chi connectivity index (χ0n) is 13.2. The van der Waals surface area contributed by atoms with E-state index in [1.807, 2.05) is 32.0 Å². The maximum Gasteiger partial charge on any atom is 0.264 e. The number of para-hydroxylation sites is 1. The molecular weight excluding hydrogens is 290 g/mol. The Morgan fingerprint density at radius 2 is 1.78 bits per heavy atom. The van der Waals surface area contributed by atoms with E-state index in [0.29, 0.717) is 23.4 Å². The van der Waals surface area contributed by atoms with Crippen LogP contribution in [-0.4, -0.2) is 23.3 Å². The number of fused-ring (bicyclic) bond motifs is 1. The Hall–Kier alpha value is -2.46. The number of anilines is 1. The van der Waals surface area contributed by atoms with Gasteiger partial charge in [-0.25, -0.2) is 0 Å². The molecule has 2 aromatic rings. The van der Waals surface area contributed by atoms with Crippen LogP contribution in [0.1, 0.15) is 34.8 Å². The Bertz CT molecular complexity index is 766. The highest BCUT2D eigenvalue weighted by Gasteiger charge is 2.50. The summed E-state index contributed by atoms with van der Waals surface area (Å²) < 4.78 is 0. The normalized spacial score (nSPS) is 19.8. The quantitative estimate of drug-likeness (QED) is 0.884. The summed E-state index contributed by atoms with van der Waals surface area (Å²) in [4.78, 5) is 26.7. The molecule has 0 aromatic heterocycles. The van der Waals surface area contributed by atoms with Gasteiger partial charge >= 0.3 is 0 Å². The second kappa shape index (κ2) is 5.63. The molecule has 0 saturated carbocycles. The summed E-state index contributed by atoms with van der Waals surface area (Å²) in [7, 11) is 0. The minimum Gasteiger partial charge on any atom is -0.375 e. The summed E-state index contributed by atoms with van der Waals surface area (Å²) >= 11 is 0. The van der Waals surface area contributed by atoms with Crippen LogP contribution in [0, 0.1) is 6.92 Å². The molecule has 0 fully saturated rings. The Balaban J connectivity index is 1.96. The number of aryl methyl sites for hydroxylation is 1. The lowest BCUT2D eigenvalue weighted by Crippen LogP contribution is -2.41. The van der Waals surface area contributed by atoms with E-state index in [1.165, 1.54) is 4.90 Å². The van der Waals surface area contributed by atoms with Gasteiger partial charge in [0.05, 0.1) is 12.1 Å². The maximum absolute atomic E-state index is 12.7. The van der Waals surface area contributed by atoms with Gasteiger partial charge in [-0.3, -0.25) is 9.59 Å². The number of hydrogen-bond acceptors (Lipinski definition) is 3. The minimum absolute atomic E-state index is 0.242. The van der Waals surface area contributed by atoms with E-state index < -0.39 is 11.5 Å². The van der Waals surface area contributed by atoms with Crippen molar-refractivity contribution in [2.45, 2.75) is 25.9 Å². The molecule has 1 heterocycles. The molecule has 4 heteroatoms. The number of aliphatic hydroxyl groups is 1. The fourth-order valence-corrected chi connectivity index (χ4v) is 3.07. The lowest BCUT2D eigenvalue weighted by atomic mass is 9.88. The number of nitrogens with zero attached hydrogens (tertiary/aromatic N) is 1. The highest BCUT2D eigenvalue weighted by Crippen LogP contribution is 2.42. The largest absolute Gasteiger partial charge is 0.375 e. The molecule has 0 radical (unpaired) electrons. The van der Waals surface area contributed by atoms with Crippen LogP contribution in [0.4, 0.5) is 5.69 Å². The SMILES string of the molecule is CCN1C(=O)[C@](O)(CC(=O)c2ccc(C)cc2)c2ccccc21. The molecule has 0 aliphatic carbocycles. The second-order valence-corrected chi connectivity index (χ2v) is 5.89. The Kier molecular flexibility index (Phi) is 3.78. The number of benzene rings is 2. The first-order chi connectivity index (χ1) is 11.0. The standard InChI is InChI=1S/C19H19NO3/c1-3-20-16-7-5-4-6-15(16)19(23,18(20)22)12-17(21)14-10-8-13(2)9-11-14/h4-11,23H,3,12H2,1-2H3/t19-/m0/s1. The van der Waals surface area contributed by atoms with Gasteiger partial charge in [0, 0.05) is 17.7 Å². The molecule has 1 N–H and O–H groups in total. The van der Waals surface area contributed by atoms with Gasteiger partial charge in [-0.05, 0) is 19.9 Å². The first-order valence-corrected chi connectivity index (χ1v) is 7.71. The average Bonchev–Trinajstić information content (AvgIpc) is 2.76. The Morgan fingerprint density at radius 3 is 2.43 bits per heavy atom. The third-order valence-corrected chi connectivity index (χ3v) is 4.35. The molecule has 1 atom stereocenters. The number of hydrogen-bond donors (Lipinski definition) is 1. The number of rotatable bonds is 4. The molecule has 3 rings (SSSR count). The number of amides is 1. The van der Waals surface area contributed by atoms with Crippen LogP contribution in [0.2, 0.25) is 0 Å². The highest BCUT2D eigenvalue weighted by molar-refractivity contribution is 6.10. The van der Waals surface area contributed by atoms with Gasteiger partial charge in [-0.15, -0.1) is 0 Å². The third-order valence-electron chi connectivity index (χ3n) is 4.35. The third kappa shape index (κ3) is 2.45. The van der Waals surface area contributed by atoms with Gasteiger partial charge in [0.15, 0.2) is 11.4 Å². The van der Waals surface area contributed by atoms with Gasteiger partial charge in [0.2, 0.25) is 0 Å². The summed E-state index contributed by atoms with van der Waals surface area (Å²) in [5, 5.41) is 11.0. The van der Waals surface area contributed by atoms with Crippen LogP contribution in [-0.2, 0) is 10.4 Å². The van der Waals surface area contributed by atoms with Crippen LogP contribution in [0.15, 0.2) is 48.5 Å². The minimum atomic E-state index is -1.78. The average molecular weight is 309 g/mol. The summed E-state index contributed by atoms with van der Waals surface area (Å²) in [6.07, 6.45) is -0.248. The fourth-order valence-electron chi connectivity index (χ4n) is 3.07. The zero-order valence-corrected chi connectivity index (χ0v) is 13.2. The highest BCUT2D eigenvalue weighted by atomic mass is 16.3. The van der Waals surface area contributed by atoms with E-state index in [4.69, 9.17) is 0 Å². The molecule has 4 nitrogen and oxygen atoms in total. The molecule has 0 unspecified atom stereocenters. The number of carbonyl (C=O) groups is 2. The van der Waals surface area contributed by atoms with Gasteiger partial charge < -0.3 is 10.0 Å². The van der Waals surface area contributed by atoms with Crippen molar-refractivity contribution < 1.29 is 14.7 Å². The van der Waals surface area contributed by atoms with Crippen molar-refractivity contribution in [3.05, 3.63) is 65.2 Å². The lowest BCUT2D eigenvalue weighted by molar-refractivity contribution is -0.135. The van der Waals surface area contributed by atoms with Crippen molar-refractivity contribution in [3.8, 4) is 0 Å². The van der Waals surface area contributed by atoms with E-state index in [1.54, 1.807) is 30.3 Å². The smallest absolute Gasteiger partial charge is 0.264 e. The Labute approximate surface area is 135 Å². The number of likely N-dealkylation sites (N-methyl/N-ethyl adjacent to an activating group) is 1. The van der Waals surface area contributed by atoms with Gasteiger partial charge in [0.25, 0.3) is 5.91 Å². The van der Waals surface area contributed by atoms with E-state index in [0.717, 1.165) is 5.56 Å². The first-order valence-electron chi connectivity index (χ1n) is 7.71. The predicted molar refractivity (Wildman–Crippen MR) is 88.5 cm³/mol. The van der Waals surface area contributed by atoms with E-state index in [9.17, 15) is 14.7 Å². The Morgan fingerprint density at radius 1 is 1.13 bits per heavy atom. The molecule has 2 aromatic carbocycles. The van der Waals surface area contributed by atoms with Crippen LogP contribution in [0.5, 0.6) is 0 Å². The monoisotopic (exact) mass is 309 g/mol. The van der Waals surface area contributed by atoms with Crippen LogP contribution in [0.3, 0.4) is 0 Å².